The molecule has 0 aromatic heterocycles. The van der Waals surface area contributed by atoms with Crippen LogP contribution >= 0.6 is 27.7 Å². The molecule has 2 aromatic rings. The van der Waals surface area contributed by atoms with Crippen LogP contribution in [0.15, 0.2) is 57.9 Å². The molecule has 0 heterocycles. The van der Waals surface area contributed by atoms with E-state index in [0.29, 0.717) is 12.3 Å². The van der Waals surface area contributed by atoms with E-state index < -0.39 is 0 Å². The van der Waals surface area contributed by atoms with Gasteiger partial charge in [-0.15, -0.1) is 11.8 Å². The van der Waals surface area contributed by atoms with Gasteiger partial charge < -0.3 is 4.90 Å². The highest BCUT2D eigenvalue weighted by molar-refractivity contribution is 9.10. The van der Waals surface area contributed by atoms with Crippen molar-refractivity contribution in [1.82, 2.24) is 4.90 Å². The van der Waals surface area contributed by atoms with E-state index in [-0.39, 0.29) is 5.91 Å². The van der Waals surface area contributed by atoms with Gasteiger partial charge in [0.1, 0.15) is 0 Å². The van der Waals surface area contributed by atoms with Crippen molar-refractivity contribution in [2.75, 3.05) is 12.8 Å². The molecule has 0 aliphatic carbocycles. The summed E-state index contributed by atoms with van der Waals surface area (Å²) >= 11 is 4.99. The van der Waals surface area contributed by atoms with E-state index in [1.165, 1.54) is 5.56 Å². The Balaban J connectivity index is 1.84. The van der Waals surface area contributed by atoms with Gasteiger partial charge in [0.25, 0.3) is 0 Å². The van der Waals surface area contributed by atoms with Crippen molar-refractivity contribution in [3.05, 3.63) is 64.1 Å². The molecule has 0 aliphatic rings. The number of carbonyl (C=O) groups is 1. The van der Waals surface area contributed by atoms with E-state index >= 15 is 0 Å². The molecule has 0 radical (unpaired) electrons. The Morgan fingerprint density at radius 3 is 2.33 bits per heavy atom. The summed E-state index contributed by atoms with van der Waals surface area (Å²) < 4.78 is 1.05. The van der Waals surface area contributed by atoms with Crippen LogP contribution in [0.5, 0.6) is 0 Å². The second-order valence-electron chi connectivity index (χ2n) is 4.98. The molecule has 0 bridgehead atoms. The molecule has 0 spiro atoms. The zero-order valence-corrected chi connectivity index (χ0v) is 14.6. The molecule has 0 saturated carbocycles. The lowest BCUT2D eigenvalue weighted by Crippen LogP contribution is -2.27. The first-order chi connectivity index (χ1) is 10.0. The van der Waals surface area contributed by atoms with Crippen LogP contribution in [0.1, 0.15) is 11.1 Å². The van der Waals surface area contributed by atoms with Gasteiger partial charge >= 0.3 is 0 Å². The average Bonchev–Trinajstić information content (AvgIpc) is 2.48. The standard InChI is InChI=1S/C17H18BrNOS/c1-13-3-9-16(10-4-13)21-12-17(20)19(2)11-14-5-7-15(18)8-6-14/h3-10H,11-12H2,1-2H3. The van der Waals surface area contributed by atoms with Crippen LogP contribution in [0.4, 0.5) is 0 Å². The fraction of sp³-hybridized carbons (Fsp3) is 0.235. The fourth-order valence-corrected chi connectivity index (χ4v) is 2.95. The second kappa shape index (κ2) is 7.66. The average molecular weight is 364 g/mol. The lowest BCUT2D eigenvalue weighted by Gasteiger charge is -2.17. The summed E-state index contributed by atoms with van der Waals surface area (Å²) in [5, 5.41) is 0. The number of hydrogen-bond acceptors (Lipinski definition) is 2. The van der Waals surface area contributed by atoms with Gasteiger partial charge in [-0.2, -0.15) is 0 Å². The Kier molecular flexibility index (Phi) is 5.88. The maximum Gasteiger partial charge on any atom is 0.232 e. The lowest BCUT2D eigenvalue weighted by atomic mass is 10.2. The number of aryl methyl sites for hydroxylation is 1. The van der Waals surface area contributed by atoms with Crippen LogP contribution in [0.3, 0.4) is 0 Å². The quantitative estimate of drug-likeness (QED) is 0.728. The first kappa shape index (κ1) is 16.1. The van der Waals surface area contributed by atoms with Gasteiger partial charge in [-0.3, -0.25) is 4.79 Å². The minimum absolute atomic E-state index is 0.142. The third-order valence-electron chi connectivity index (χ3n) is 3.14. The molecule has 0 unspecified atom stereocenters. The number of benzene rings is 2. The van der Waals surface area contributed by atoms with E-state index in [4.69, 9.17) is 0 Å². The molecule has 0 N–H and O–H groups in total. The fourth-order valence-electron chi connectivity index (χ4n) is 1.84. The highest BCUT2D eigenvalue weighted by Gasteiger charge is 2.09. The first-order valence-corrected chi connectivity index (χ1v) is 8.50. The molecular weight excluding hydrogens is 346 g/mol. The van der Waals surface area contributed by atoms with Gasteiger partial charge in [-0.1, -0.05) is 45.8 Å². The zero-order chi connectivity index (χ0) is 15.2. The summed E-state index contributed by atoms with van der Waals surface area (Å²) in [5.41, 5.74) is 2.37. The molecule has 4 heteroatoms. The van der Waals surface area contributed by atoms with Gasteiger partial charge in [-0.05, 0) is 36.8 Å². The molecule has 0 fully saturated rings. The Bertz CT molecular complexity index is 595. The molecule has 110 valence electrons. The number of amides is 1. The van der Waals surface area contributed by atoms with Crippen molar-refractivity contribution in [3.8, 4) is 0 Å². The third kappa shape index (κ3) is 5.21. The second-order valence-corrected chi connectivity index (χ2v) is 6.94. The molecule has 2 aromatic carbocycles. The predicted molar refractivity (Wildman–Crippen MR) is 92.5 cm³/mol. The molecule has 0 aliphatic heterocycles. The number of nitrogens with zero attached hydrogens (tertiary/aromatic N) is 1. The van der Waals surface area contributed by atoms with Crippen LogP contribution in [-0.4, -0.2) is 23.6 Å². The highest BCUT2D eigenvalue weighted by atomic mass is 79.9. The largest absolute Gasteiger partial charge is 0.341 e. The molecule has 2 rings (SSSR count). The van der Waals surface area contributed by atoms with Crippen molar-refractivity contribution in [1.29, 1.82) is 0 Å². The number of hydrogen-bond donors (Lipinski definition) is 0. The summed E-state index contributed by atoms with van der Waals surface area (Å²) in [6.07, 6.45) is 0. The summed E-state index contributed by atoms with van der Waals surface area (Å²) in [4.78, 5) is 15.0. The predicted octanol–water partition coefficient (Wildman–Crippen LogP) is 4.51. The number of rotatable bonds is 5. The van der Waals surface area contributed by atoms with Crippen molar-refractivity contribution < 1.29 is 4.79 Å². The van der Waals surface area contributed by atoms with E-state index in [1.807, 2.05) is 31.3 Å². The Labute approximate surface area is 138 Å². The van der Waals surface area contributed by atoms with Crippen LogP contribution in [0.2, 0.25) is 0 Å². The molecule has 0 atom stereocenters. The molecule has 1 amide bonds. The van der Waals surface area contributed by atoms with Crippen molar-refractivity contribution in [3.63, 3.8) is 0 Å². The molecule has 2 nitrogen and oxygen atoms in total. The summed E-state index contributed by atoms with van der Waals surface area (Å²) in [6.45, 7) is 2.70. The van der Waals surface area contributed by atoms with E-state index in [2.05, 4.69) is 47.1 Å². The van der Waals surface area contributed by atoms with E-state index in [0.717, 1.165) is 14.9 Å². The minimum atomic E-state index is 0.142. The Hall–Kier alpha value is -1.26. The van der Waals surface area contributed by atoms with Gasteiger partial charge in [0.15, 0.2) is 0 Å². The first-order valence-electron chi connectivity index (χ1n) is 6.72. The SMILES string of the molecule is Cc1ccc(SCC(=O)N(C)Cc2ccc(Br)cc2)cc1. The Morgan fingerprint density at radius 2 is 1.71 bits per heavy atom. The normalized spacial score (nSPS) is 10.4. The van der Waals surface area contributed by atoms with Crippen LogP contribution in [0.25, 0.3) is 0 Å². The maximum atomic E-state index is 12.2. The van der Waals surface area contributed by atoms with Crippen LogP contribution < -0.4 is 0 Å². The van der Waals surface area contributed by atoms with Gasteiger partial charge in [0.05, 0.1) is 5.75 Å². The van der Waals surface area contributed by atoms with Crippen molar-refractivity contribution >= 4 is 33.6 Å². The lowest BCUT2D eigenvalue weighted by molar-refractivity contribution is -0.127. The summed E-state index contributed by atoms with van der Waals surface area (Å²) in [5.74, 6) is 0.610. The van der Waals surface area contributed by atoms with Gasteiger partial charge in [0, 0.05) is 23.0 Å². The molecule has 21 heavy (non-hydrogen) atoms. The van der Waals surface area contributed by atoms with Crippen LogP contribution in [-0.2, 0) is 11.3 Å². The monoisotopic (exact) mass is 363 g/mol. The Morgan fingerprint density at radius 1 is 1.10 bits per heavy atom. The summed E-state index contributed by atoms with van der Waals surface area (Å²) in [7, 11) is 1.85. The topological polar surface area (TPSA) is 20.3 Å². The van der Waals surface area contributed by atoms with Crippen LogP contribution in [0, 0.1) is 6.92 Å². The zero-order valence-electron chi connectivity index (χ0n) is 12.2. The van der Waals surface area contributed by atoms with Gasteiger partial charge in [-0.25, -0.2) is 0 Å². The van der Waals surface area contributed by atoms with Crippen molar-refractivity contribution in [2.24, 2.45) is 0 Å². The summed E-state index contributed by atoms with van der Waals surface area (Å²) in [6, 6.07) is 16.3. The molecule has 0 saturated heterocycles. The third-order valence-corrected chi connectivity index (χ3v) is 4.67. The highest BCUT2D eigenvalue weighted by Crippen LogP contribution is 2.19. The van der Waals surface area contributed by atoms with Gasteiger partial charge in [0.2, 0.25) is 5.91 Å². The number of thioether (sulfide) groups is 1. The number of halogens is 1. The molecular formula is C17H18BrNOS. The number of carbonyl (C=O) groups excluding carboxylic acids is 1. The smallest absolute Gasteiger partial charge is 0.232 e. The van der Waals surface area contributed by atoms with E-state index in [1.54, 1.807) is 16.7 Å². The van der Waals surface area contributed by atoms with E-state index in [9.17, 15) is 4.79 Å². The minimum Gasteiger partial charge on any atom is -0.341 e. The maximum absolute atomic E-state index is 12.2. The van der Waals surface area contributed by atoms with Crippen molar-refractivity contribution in [2.45, 2.75) is 18.4 Å².